The molecule has 2 heterocycles. The Bertz CT molecular complexity index is 900. The second-order valence-corrected chi connectivity index (χ2v) is 7.50. The molecule has 0 spiro atoms. The van der Waals surface area contributed by atoms with E-state index >= 15 is 0 Å². The van der Waals surface area contributed by atoms with Gasteiger partial charge in [0.2, 0.25) is 0 Å². The molecular weight excluding hydrogens is 381 g/mol. The summed E-state index contributed by atoms with van der Waals surface area (Å²) in [7, 11) is 0. The monoisotopic (exact) mass is 401 g/mol. The molecule has 1 fully saturated rings. The molecule has 1 aliphatic rings. The van der Waals surface area contributed by atoms with Crippen molar-refractivity contribution in [3.63, 3.8) is 0 Å². The van der Waals surface area contributed by atoms with Crippen molar-refractivity contribution in [1.29, 1.82) is 10.7 Å². The molecule has 3 rings (SSSR count). The van der Waals surface area contributed by atoms with Crippen molar-refractivity contribution in [2.24, 2.45) is 5.92 Å². The van der Waals surface area contributed by atoms with Gasteiger partial charge in [-0.05, 0) is 44.0 Å². The van der Waals surface area contributed by atoms with Crippen LogP contribution in [0, 0.1) is 28.5 Å². The van der Waals surface area contributed by atoms with Crippen LogP contribution in [0.25, 0.3) is 11.4 Å². The van der Waals surface area contributed by atoms with Crippen LogP contribution in [0.5, 0.6) is 0 Å². The molecule has 0 radical (unpaired) electrons. The number of nitrogens with one attached hydrogen (secondary N) is 1. The van der Waals surface area contributed by atoms with Crippen LogP contribution in [0.1, 0.15) is 19.8 Å². The van der Waals surface area contributed by atoms with Crippen LogP contribution in [0.15, 0.2) is 29.4 Å². The smallest absolute Gasteiger partial charge is 0.192 e. The second kappa shape index (κ2) is 9.08. The van der Waals surface area contributed by atoms with Crippen molar-refractivity contribution in [2.75, 3.05) is 12.4 Å². The van der Waals surface area contributed by atoms with Crippen molar-refractivity contribution < 1.29 is 13.9 Å². The number of nitrogens with zero attached hydrogens (tertiary/aromatic N) is 4. The first-order valence-electron chi connectivity index (χ1n) is 8.90. The van der Waals surface area contributed by atoms with Crippen LogP contribution in [0.2, 0.25) is 0 Å². The summed E-state index contributed by atoms with van der Waals surface area (Å²) < 4.78 is 20.9. The Morgan fingerprint density at radius 3 is 2.82 bits per heavy atom. The van der Waals surface area contributed by atoms with Crippen molar-refractivity contribution in [1.82, 2.24) is 14.8 Å². The first-order valence-corrected chi connectivity index (χ1v) is 9.89. The number of nitriles is 1. The summed E-state index contributed by atoms with van der Waals surface area (Å²) in [5, 5.41) is 25.6. The van der Waals surface area contributed by atoms with E-state index in [4.69, 9.17) is 15.4 Å². The third-order valence-electron chi connectivity index (χ3n) is 4.46. The van der Waals surface area contributed by atoms with Gasteiger partial charge in [-0.15, -0.1) is 10.2 Å². The maximum atomic E-state index is 13.3. The molecule has 2 aromatic rings. The van der Waals surface area contributed by atoms with E-state index in [0.29, 0.717) is 24.1 Å². The van der Waals surface area contributed by atoms with Crippen LogP contribution in [-0.4, -0.2) is 44.7 Å². The molecule has 1 saturated heterocycles. The van der Waals surface area contributed by atoms with Gasteiger partial charge in [0, 0.05) is 17.9 Å². The van der Waals surface area contributed by atoms with Gasteiger partial charge in [-0.2, -0.15) is 5.26 Å². The number of carbonyl (C=O) groups excluding carboxylic acids is 1. The van der Waals surface area contributed by atoms with Crippen molar-refractivity contribution >= 4 is 23.3 Å². The zero-order chi connectivity index (χ0) is 20.1. The molecule has 1 aliphatic heterocycles. The molecule has 0 amide bonds. The molecule has 7 nitrogen and oxygen atoms in total. The van der Waals surface area contributed by atoms with Crippen molar-refractivity contribution in [2.45, 2.75) is 37.6 Å². The summed E-state index contributed by atoms with van der Waals surface area (Å²) in [6.07, 6.45) is 1.94. The number of carbonyl (C=O) groups is 1. The minimum absolute atomic E-state index is 0.0154. The van der Waals surface area contributed by atoms with Gasteiger partial charge in [-0.25, -0.2) is 4.39 Å². The normalized spacial score (nSPS) is 17.2. The fourth-order valence-electron chi connectivity index (χ4n) is 2.99. The number of benzene rings is 1. The largest absolute Gasteiger partial charge is 0.376 e. The highest BCUT2D eigenvalue weighted by atomic mass is 32.2. The number of aromatic nitrogens is 3. The second-order valence-electron chi connectivity index (χ2n) is 6.56. The van der Waals surface area contributed by atoms with E-state index in [9.17, 15) is 9.18 Å². The topological polar surface area (TPSA) is 105 Å². The minimum Gasteiger partial charge on any atom is -0.376 e. The molecule has 0 bridgehead atoms. The molecule has 1 N–H and O–H groups in total. The zero-order valence-corrected chi connectivity index (χ0v) is 16.2. The molecule has 28 heavy (non-hydrogen) atoms. The number of ether oxygens (including phenoxy) is 1. The van der Waals surface area contributed by atoms with E-state index in [1.807, 2.05) is 10.6 Å². The fraction of sp³-hybridized carbons (Fsp3) is 0.421. The van der Waals surface area contributed by atoms with E-state index in [-0.39, 0.29) is 29.2 Å². The number of halogens is 1. The van der Waals surface area contributed by atoms with Crippen LogP contribution in [-0.2, 0) is 16.1 Å². The first kappa shape index (κ1) is 20.2. The highest BCUT2D eigenvalue weighted by Gasteiger charge is 2.24. The summed E-state index contributed by atoms with van der Waals surface area (Å²) in [4.78, 5) is 12.3. The summed E-state index contributed by atoms with van der Waals surface area (Å²) >= 11 is 1.18. The molecule has 1 unspecified atom stereocenters. The predicted octanol–water partition coefficient (Wildman–Crippen LogP) is 3.10. The molecule has 0 aliphatic carbocycles. The van der Waals surface area contributed by atoms with Gasteiger partial charge in [0.05, 0.1) is 24.5 Å². The Morgan fingerprint density at radius 2 is 2.21 bits per heavy atom. The number of Topliss-reactive ketones (excluding diaryl/α,β-unsaturated/α-hetero) is 1. The predicted molar refractivity (Wildman–Crippen MR) is 103 cm³/mol. The maximum Gasteiger partial charge on any atom is 0.192 e. The number of rotatable bonds is 8. The minimum atomic E-state index is -1.04. The molecular formula is C19H20FN5O2S. The quantitative estimate of drug-likeness (QED) is 0.538. The van der Waals surface area contributed by atoms with Gasteiger partial charge >= 0.3 is 0 Å². The summed E-state index contributed by atoms with van der Waals surface area (Å²) in [5.41, 5.74) is 0.747. The fourth-order valence-corrected chi connectivity index (χ4v) is 3.85. The van der Waals surface area contributed by atoms with Crippen LogP contribution >= 0.6 is 11.8 Å². The Labute approximate surface area is 166 Å². The van der Waals surface area contributed by atoms with E-state index < -0.39 is 5.92 Å². The van der Waals surface area contributed by atoms with E-state index in [1.54, 1.807) is 12.1 Å². The Morgan fingerprint density at radius 1 is 1.46 bits per heavy atom. The van der Waals surface area contributed by atoms with Crippen LogP contribution < -0.4 is 0 Å². The first-order chi connectivity index (χ1) is 13.5. The Kier molecular flexibility index (Phi) is 6.54. The number of thioether (sulfide) groups is 1. The third kappa shape index (κ3) is 4.64. The van der Waals surface area contributed by atoms with Crippen molar-refractivity contribution in [3.8, 4) is 17.5 Å². The Balaban J connectivity index is 1.83. The summed E-state index contributed by atoms with van der Waals surface area (Å²) in [6.45, 7) is 2.69. The molecule has 9 heteroatoms. The third-order valence-corrected chi connectivity index (χ3v) is 5.45. The SMILES string of the molecule is CC(=N)C(C#N)C(=O)CSc1nnc(-c2ccc(F)cc2)n1C[C@@H]1CCCO1. The molecule has 0 saturated carbocycles. The average Bonchev–Trinajstić information content (AvgIpc) is 3.31. The lowest BCUT2D eigenvalue weighted by Crippen LogP contribution is -2.22. The van der Waals surface area contributed by atoms with Gasteiger partial charge in [0.25, 0.3) is 0 Å². The lowest BCUT2D eigenvalue weighted by atomic mass is 10.0. The molecule has 2 atom stereocenters. The van der Waals surface area contributed by atoms with Gasteiger partial charge in [0.15, 0.2) is 16.8 Å². The highest BCUT2D eigenvalue weighted by Crippen LogP contribution is 2.27. The lowest BCUT2D eigenvalue weighted by Gasteiger charge is -2.15. The van der Waals surface area contributed by atoms with Gasteiger partial charge in [-0.3, -0.25) is 9.36 Å². The van der Waals surface area contributed by atoms with Crippen molar-refractivity contribution in [3.05, 3.63) is 30.1 Å². The molecule has 146 valence electrons. The summed E-state index contributed by atoms with van der Waals surface area (Å²) in [5.74, 6) is -1.13. The zero-order valence-electron chi connectivity index (χ0n) is 15.4. The van der Waals surface area contributed by atoms with E-state index in [1.165, 1.54) is 30.8 Å². The van der Waals surface area contributed by atoms with Gasteiger partial charge in [0.1, 0.15) is 11.7 Å². The van der Waals surface area contributed by atoms with Gasteiger partial charge in [-0.1, -0.05) is 11.8 Å². The highest BCUT2D eigenvalue weighted by molar-refractivity contribution is 7.99. The average molecular weight is 401 g/mol. The number of ketones is 1. The number of hydrogen-bond donors (Lipinski definition) is 1. The lowest BCUT2D eigenvalue weighted by molar-refractivity contribution is -0.117. The van der Waals surface area contributed by atoms with E-state index in [0.717, 1.165) is 18.4 Å². The maximum absolute atomic E-state index is 13.3. The van der Waals surface area contributed by atoms with Crippen LogP contribution in [0.3, 0.4) is 0 Å². The Hall–Kier alpha value is -2.57. The molecule has 1 aromatic carbocycles. The summed E-state index contributed by atoms with van der Waals surface area (Å²) in [6, 6.07) is 7.85. The van der Waals surface area contributed by atoms with Gasteiger partial charge < -0.3 is 10.1 Å². The van der Waals surface area contributed by atoms with E-state index in [2.05, 4.69) is 10.2 Å². The molecule has 1 aromatic heterocycles. The number of hydrogen-bond acceptors (Lipinski definition) is 7. The van der Waals surface area contributed by atoms with Crippen LogP contribution in [0.4, 0.5) is 4.39 Å². The standard InChI is InChI=1S/C19H20FN5O2S/c1-12(22)16(9-21)17(26)11-28-19-24-23-18(13-4-6-14(20)7-5-13)25(19)10-15-3-2-8-27-15/h4-7,15-16,22H,2-3,8,10-11H2,1H3/t15-,16?/m0/s1.